The first-order valence-electron chi connectivity index (χ1n) is 10.4. The van der Waals surface area contributed by atoms with Gasteiger partial charge in [-0.15, -0.1) is 0 Å². The molecule has 0 spiro atoms. The highest BCUT2D eigenvalue weighted by molar-refractivity contribution is 7.89. The molecule has 2 fully saturated rings. The van der Waals surface area contributed by atoms with Crippen molar-refractivity contribution in [2.75, 3.05) is 18.8 Å². The van der Waals surface area contributed by atoms with Gasteiger partial charge in [-0.25, -0.2) is 22.5 Å². The average Bonchev–Trinajstić information content (AvgIpc) is 3.08. The Kier molecular flexibility index (Phi) is 6.47. The first-order chi connectivity index (χ1) is 16.1. The molecule has 4 N–H and O–H groups in total. The van der Waals surface area contributed by atoms with Gasteiger partial charge in [0.25, 0.3) is 5.91 Å². The van der Waals surface area contributed by atoms with E-state index in [1.165, 1.54) is 34.8 Å². The van der Waals surface area contributed by atoms with Crippen LogP contribution in [-0.4, -0.2) is 60.5 Å². The summed E-state index contributed by atoms with van der Waals surface area (Å²) >= 11 is 5.82. The van der Waals surface area contributed by atoms with Crippen molar-refractivity contribution in [1.29, 1.82) is 0 Å². The van der Waals surface area contributed by atoms with E-state index >= 15 is 0 Å². The molecule has 0 radical (unpaired) electrons. The maximum atomic E-state index is 13.3. The molecule has 4 rings (SSSR count). The molecule has 4 amide bonds. The van der Waals surface area contributed by atoms with Crippen LogP contribution in [0.3, 0.4) is 0 Å². The number of amides is 4. The number of aromatic nitrogens is 1. The van der Waals surface area contributed by atoms with E-state index in [1.54, 1.807) is 12.1 Å². The van der Waals surface area contributed by atoms with Crippen molar-refractivity contribution >= 4 is 39.5 Å². The number of halogens is 1. The highest BCUT2D eigenvalue weighted by atomic mass is 35.5. The summed E-state index contributed by atoms with van der Waals surface area (Å²) in [5.41, 5.74) is 3.82. The summed E-state index contributed by atoms with van der Waals surface area (Å²) in [7, 11) is -3.98. The quantitative estimate of drug-likeness (QED) is 0.466. The fourth-order valence-corrected chi connectivity index (χ4v) is 5.97. The van der Waals surface area contributed by atoms with Crippen LogP contribution in [-0.2, 0) is 20.4 Å². The normalized spacial score (nSPS) is 21.7. The highest BCUT2D eigenvalue weighted by Gasteiger charge is 2.52. The van der Waals surface area contributed by atoms with E-state index in [2.05, 4.69) is 15.6 Å². The van der Waals surface area contributed by atoms with Gasteiger partial charge in [0.1, 0.15) is 11.9 Å². The molecule has 2 aliphatic heterocycles. The minimum Gasteiger partial charge on any atom is -0.474 e. The number of nitrogens with zero attached hydrogens (tertiary/aromatic N) is 2. The summed E-state index contributed by atoms with van der Waals surface area (Å²) in [6, 6.07) is 8.04. The Morgan fingerprint density at radius 3 is 2.38 bits per heavy atom. The molecule has 1 unspecified atom stereocenters. The lowest BCUT2D eigenvalue weighted by atomic mass is 9.91. The van der Waals surface area contributed by atoms with Crippen LogP contribution >= 0.6 is 11.6 Å². The van der Waals surface area contributed by atoms with E-state index < -0.39 is 39.2 Å². The molecule has 2 aliphatic rings. The van der Waals surface area contributed by atoms with Crippen molar-refractivity contribution in [2.45, 2.75) is 24.5 Å². The molecule has 13 heteroatoms. The molecule has 0 saturated carbocycles. The van der Waals surface area contributed by atoms with Gasteiger partial charge in [-0.2, -0.15) is 0 Å². The number of carbonyl (C=O) groups is 3. The van der Waals surface area contributed by atoms with Crippen LogP contribution in [0.1, 0.15) is 28.8 Å². The zero-order valence-electron chi connectivity index (χ0n) is 17.9. The third-order valence-corrected chi connectivity index (χ3v) is 7.96. The Bertz CT molecular complexity index is 1210. The van der Waals surface area contributed by atoms with Crippen LogP contribution in [0, 0.1) is 0 Å². The standard InChI is InChI=1S/C21H22ClN5O6S/c22-15-5-6-17(24-11-15)33-16-7-9-27(10-8-16)34(31,32)12-21(19(29)25-20(30)26-21)14-3-1-13(2-4-14)18(23)28/h1-6,11,16H,7-10,12H2,(H2,23,28)(H2,25,26,29,30). The molecule has 180 valence electrons. The van der Waals surface area contributed by atoms with Crippen molar-refractivity contribution in [3.8, 4) is 5.88 Å². The maximum Gasteiger partial charge on any atom is 0.322 e. The number of imide groups is 1. The topological polar surface area (TPSA) is 161 Å². The average molecular weight is 508 g/mol. The summed E-state index contributed by atoms with van der Waals surface area (Å²) in [6.45, 7) is 0.347. The van der Waals surface area contributed by atoms with Crippen LogP contribution in [0.15, 0.2) is 42.6 Å². The fraction of sp³-hybridized carbons (Fsp3) is 0.333. The van der Waals surface area contributed by atoms with E-state index in [0.717, 1.165) is 0 Å². The van der Waals surface area contributed by atoms with E-state index in [1.807, 2.05) is 0 Å². The minimum atomic E-state index is -3.98. The lowest BCUT2D eigenvalue weighted by Gasteiger charge is -2.34. The number of ether oxygens (including phenoxy) is 1. The zero-order valence-corrected chi connectivity index (χ0v) is 19.4. The van der Waals surface area contributed by atoms with Crippen molar-refractivity contribution in [3.05, 3.63) is 58.7 Å². The van der Waals surface area contributed by atoms with Crippen LogP contribution < -0.4 is 21.1 Å². The molecule has 1 aromatic heterocycles. The number of sulfonamides is 1. The maximum absolute atomic E-state index is 13.3. The molecule has 2 saturated heterocycles. The molecular weight excluding hydrogens is 486 g/mol. The van der Waals surface area contributed by atoms with Crippen LogP contribution in [0.2, 0.25) is 5.02 Å². The fourth-order valence-electron chi connectivity index (χ4n) is 3.99. The molecule has 11 nitrogen and oxygen atoms in total. The molecular formula is C21H22ClN5O6S. The minimum absolute atomic E-state index is 0.173. The first kappa shape index (κ1) is 23.9. The van der Waals surface area contributed by atoms with Gasteiger partial charge in [0, 0.05) is 30.9 Å². The zero-order chi connectivity index (χ0) is 24.5. The second-order valence-electron chi connectivity index (χ2n) is 8.04. The van der Waals surface area contributed by atoms with Crippen molar-refractivity contribution < 1.29 is 27.5 Å². The predicted molar refractivity (Wildman–Crippen MR) is 122 cm³/mol. The Hall–Kier alpha value is -3.22. The number of primary amides is 1. The van der Waals surface area contributed by atoms with Crippen LogP contribution in [0.5, 0.6) is 5.88 Å². The SMILES string of the molecule is NC(=O)c1ccc(C2(CS(=O)(=O)N3CCC(Oc4ccc(Cl)cn4)CC3)NC(=O)NC2=O)cc1. The lowest BCUT2D eigenvalue weighted by Crippen LogP contribution is -2.53. The van der Waals surface area contributed by atoms with E-state index in [9.17, 15) is 22.8 Å². The molecule has 1 atom stereocenters. The Balaban J connectivity index is 1.49. The Morgan fingerprint density at radius 1 is 1.18 bits per heavy atom. The van der Waals surface area contributed by atoms with Gasteiger partial charge in [0.05, 0.1) is 5.02 Å². The van der Waals surface area contributed by atoms with Crippen LogP contribution in [0.25, 0.3) is 0 Å². The number of piperidine rings is 1. The number of rotatable bonds is 7. The van der Waals surface area contributed by atoms with Gasteiger partial charge >= 0.3 is 6.03 Å². The number of hydrogen-bond donors (Lipinski definition) is 3. The second kappa shape index (κ2) is 9.20. The second-order valence-corrected chi connectivity index (χ2v) is 10.4. The highest BCUT2D eigenvalue weighted by Crippen LogP contribution is 2.30. The van der Waals surface area contributed by atoms with Gasteiger partial charge in [-0.3, -0.25) is 14.9 Å². The lowest BCUT2D eigenvalue weighted by molar-refractivity contribution is -0.123. The monoisotopic (exact) mass is 507 g/mol. The number of nitrogens with two attached hydrogens (primary N) is 1. The number of benzene rings is 1. The van der Waals surface area contributed by atoms with Gasteiger partial charge in [-0.05, 0) is 36.6 Å². The van der Waals surface area contributed by atoms with Gasteiger partial charge in [0.15, 0.2) is 5.54 Å². The molecule has 3 heterocycles. The Labute approximate surface area is 200 Å². The Morgan fingerprint density at radius 2 is 1.85 bits per heavy atom. The third-order valence-electron chi connectivity index (χ3n) is 5.78. The molecule has 0 aliphatic carbocycles. The number of urea groups is 1. The number of nitrogens with one attached hydrogen (secondary N) is 2. The van der Waals surface area contributed by atoms with E-state index in [0.29, 0.717) is 23.7 Å². The predicted octanol–water partition coefficient (Wildman–Crippen LogP) is 0.742. The number of pyridine rings is 1. The van der Waals surface area contributed by atoms with Gasteiger partial charge in [-0.1, -0.05) is 23.7 Å². The number of hydrogen-bond acceptors (Lipinski definition) is 7. The van der Waals surface area contributed by atoms with Gasteiger partial charge in [0.2, 0.25) is 21.8 Å². The molecule has 1 aromatic carbocycles. The van der Waals surface area contributed by atoms with E-state index in [4.69, 9.17) is 22.1 Å². The summed E-state index contributed by atoms with van der Waals surface area (Å²) in [5.74, 6) is -1.75. The third kappa shape index (κ3) is 4.83. The first-order valence-corrected chi connectivity index (χ1v) is 12.4. The summed E-state index contributed by atoms with van der Waals surface area (Å²) < 4.78 is 33.7. The molecule has 34 heavy (non-hydrogen) atoms. The molecule has 0 bridgehead atoms. The summed E-state index contributed by atoms with van der Waals surface area (Å²) in [5, 5.41) is 5.05. The smallest absolute Gasteiger partial charge is 0.322 e. The largest absolute Gasteiger partial charge is 0.474 e. The van der Waals surface area contributed by atoms with Crippen LogP contribution in [0.4, 0.5) is 4.79 Å². The number of carbonyl (C=O) groups excluding carboxylic acids is 3. The van der Waals surface area contributed by atoms with E-state index in [-0.39, 0.29) is 30.3 Å². The summed E-state index contributed by atoms with van der Waals surface area (Å²) in [6.07, 6.45) is 2.07. The van der Waals surface area contributed by atoms with Crippen molar-refractivity contribution in [3.63, 3.8) is 0 Å². The summed E-state index contributed by atoms with van der Waals surface area (Å²) in [4.78, 5) is 40.2. The van der Waals surface area contributed by atoms with Crippen molar-refractivity contribution in [1.82, 2.24) is 19.9 Å². The molecule has 2 aromatic rings. The van der Waals surface area contributed by atoms with Gasteiger partial charge < -0.3 is 15.8 Å². The van der Waals surface area contributed by atoms with Crippen molar-refractivity contribution in [2.24, 2.45) is 5.73 Å².